The lowest BCUT2D eigenvalue weighted by Crippen LogP contribution is -2.40. The molecule has 1 aliphatic heterocycles. The van der Waals surface area contributed by atoms with Gasteiger partial charge in [-0.25, -0.2) is 13.2 Å². The first-order valence-electron chi connectivity index (χ1n) is 10.9. The van der Waals surface area contributed by atoms with Gasteiger partial charge in [0.1, 0.15) is 5.58 Å². The van der Waals surface area contributed by atoms with E-state index in [4.69, 9.17) is 13.9 Å². The number of esters is 1. The number of carbonyl (C=O) groups excluding carboxylic acids is 2. The van der Waals surface area contributed by atoms with Gasteiger partial charge in [-0.2, -0.15) is 4.31 Å². The van der Waals surface area contributed by atoms with Gasteiger partial charge in [0.05, 0.1) is 18.1 Å². The maximum absolute atomic E-state index is 13.1. The summed E-state index contributed by atoms with van der Waals surface area (Å²) in [7, 11) is -3.74. The number of amides is 1. The van der Waals surface area contributed by atoms with Crippen LogP contribution in [0.2, 0.25) is 0 Å². The summed E-state index contributed by atoms with van der Waals surface area (Å²) in [6, 6.07) is 11.9. The van der Waals surface area contributed by atoms with E-state index in [0.29, 0.717) is 29.9 Å². The summed E-state index contributed by atoms with van der Waals surface area (Å²) in [6.07, 6.45) is -1.14. The highest BCUT2D eigenvalue weighted by Gasteiger charge is 2.29. The third-order valence-electron chi connectivity index (χ3n) is 5.73. The van der Waals surface area contributed by atoms with E-state index >= 15 is 0 Å². The Bertz CT molecular complexity index is 1340. The molecule has 4 rings (SSSR count). The summed E-state index contributed by atoms with van der Waals surface area (Å²) in [5.41, 5.74) is 2.02. The van der Waals surface area contributed by atoms with Crippen LogP contribution >= 0.6 is 0 Å². The third-order valence-corrected chi connectivity index (χ3v) is 7.77. The molecule has 0 bridgehead atoms. The Morgan fingerprint density at radius 1 is 1.09 bits per heavy atom. The molecule has 1 aliphatic rings. The van der Waals surface area contributed by atoms with Crippen molar-refractivity contribution in [1.82, 2.24) is 4.31 Å². The van der Waals surface area contributed by atoms with Crippen LogP contribution in [-0.4, -0.2) is 57.0 Å². The average Bonchev–Trinajstić information content (AvgIpc) is 3.17. The number of hydrogen-bond donors (Lipinski definition) is 1. The number of rotatable bonds is 6. The Morgan fingerprint density at radius 3 is 2.50 bits per heavy atom. The predicted octanol–water partition coefficient (Wildman–Crippen LogP) is 3.25. The molecule has 180 valence electrons. The Kier molecular flexibility index (Phi) is 6.74. The van der Waals surface area contributed by atoms with E-state index in [1.165, 1.54) is 17.3 Å². The van der Waals surface area contributed by atoms with Crippen molar-refractivity contribution >= 4 is 38.6 Å². The van der Waals surface area contributed by atoms with Crippen LogP contribution in [0.25, 0.3) is 11.0 Å². The minimum absolute atomic E-state index is 0.0371. The molecule has 10 heteroatoms. The van der Waals surface area contributed by atoms with Gasteiger partial charge in [-0.05, 0) is 44.5 Å². The Labute approximate surface area is 197 Å². The number of nitrogens with one attached hydrogen (secondary N) is 1. The van der Waals surface area contributed by atoms with Crippen LogP contribution in [0, 0.1) is 13.8 Å². The molecule has 1 saturated heterocycles. The van der Waals surface area contributed by atoms with Crippen LogP contribution in [0.1, 0.15) is 28.6 Å². The molecule has 1 atom stereocenters. The molecule has 0 spiro atoms. The maximum atomic E-state index is 13.1. The number of sulfonamides is 1. The zero-order valence-electron chi connectivity index (χ0n) is 19.2. The largest absolute Gasteiger partial charge is 0.449 e. The summed E-state index contributed by atoms with van der Waals surface area (Å²) in [5.74, 6) is -1.31. The van der Waals surface area contributed by atoms with E-state index in [-0.39, 0.29) is 29.4 Å². The van der Waals surface area contributed by atoms with Crippen LogP contribution in [-0.2, 0) is 24.3 Å². The molecule has 1 fully saturated rings. The van der Waals surface area contributed by atoms with Crippen molar-refractivity contribution in [1.29, 1.82) is 0 Å². The Hall–Kier alpha value is -3.21. The standard InChI is InChI=1S/C24H26N2O7S/c1-15-8-9-18(14-21(15)34(29,30)26-10-12-31-13-11-26)25-23(27)17(3)32-24(28)22-16(2)19-6-4-5-7-20(19)33-22/h4-9,14,17H,10-13H2,1-3H3,(H,25,27)/t17-/m0/s1. The molecule has 1 N–H and O–H groups in total. The number of morpholine rings is 1. The van der Waals surface area contributed by atoms with Gasteiger partial charge in [0.2, 0.25) is 15.8 Å². The number of carbonyl (C=O) groups is 2. The molecule has 0 radical (unpaired) electrons. The van der Waals surface area contributed by atoms with Gasteiger partial charge >= 0.3 is 5.97 Å². The van der Waals surface area contributed by atoms with Crippen LogP contribution in [0.15, 0.2) is 51.8 Å². The van der Waals surface area contributed by atoms with E-state index in [1.54, 1.807) is 38.1 Å². The molecule has 0 aliphatic carbocycles. The Morgan fingerprint density at radius 2 is 1.79 bits per heavy atom. The van der Waals surface area contributed by atoms with Crippen LogP contribution < -0.4 is 5.32 Å². The van der Waals surface area contributed by atoms with E-state index in [2.05, 4.69) is 5.32 Å². The maximum Gasteiger partial charge on any atom is 0.375 e. The van der Waals surface area contributed by atoms with Gasteiger partial charge in [-0.15, -0.1) is 0 Å². The van der Waals surface area contributed by atoms with E-state index in [0.717, 1.165) is 5.39 Å². The first kappa shape index (κ1) is 23.9. The molecule has 9 nitrogen and oxygen atoms in total. The fourth-order valence-corrected chi connectivity index (χ4v) is 5.42. The molecule has 0 saturated carbocycles. The molecule has 1 amide bonds. The minimum atomic E-state index is -3.74. The molecule has 1 aromatic heterocycles. The third kappa shape index (κ3) is 4.70. The zero-order valence-corrected chi connectivity index (χ0v) is 20.0. The van der Waals surface area contributed by atoms with Crippen molar-refractivity contribution in [3.05, 3.63) is 59.4 Å². The number of fused-ring (bicyclic) bond motifs is 1. The number of anilines is 1. The smallest absolute Gasteiger partial charge is 0.375 e. The number of benzene rings is 2. The SMILES string of the molecule is Cc1ccc(NC(=O)[C@H](C)OC(=O)c2oc3ccccc3c2C)cc1S(=O)(=O)N1CCOCC1. The van der Waals surface area contributed by atoms with Crippen molar-refractivity contribution in [3.63, 3.8) is 0 Å². The lowest BCUT2D eigenvalue weighted by atomic mass is 10.1. The average molecular weight is 487 g/mol. The molecule has 2 aromatic carbocycles. The topological polar surface area (TPSA) is 115 Å². The van der Waals surface area contributed by atoms with Crippen LogP contribution in [0.3, 0.4) is 0 Å². The Balaban J connectivity index is 1.47. The van der Waals surface area contributed by atoms with Crippen molar-refractivity contribution < 1.29 is 31.9 Å². The highest BCUT2D eigenvalue weighted by atomic mass is 32.2. The highest BCUT2D eigenvalue weighted by molar-refractivity contribution is 7.89. The van der Waals surface area contributed by atoms with E-state index in [1.807, 2.05) is 12.1 Å². The number of ether oxygens (including phenoxy) is 2. The number of furan rings is 1. The summed E-state index contributed by atoms with van der Waals surface area (Å²) in [4.78, 5) is 25.4. The molecule has 3 aromatic rings. The summed E-state index contributed by atoms with van der Waals surface area (Å²) < 4.78 is 43.6. The van der Waals surface area contributed by atoms with Gasteiger partial charge in [0.15, 0.2) is 6.10 Å². The van der Waals surface area contributed by atoms with Gasteiger partial charge in [-0.1, -0.05) is 24.3 Å². The van der Waals surface area contributed by atoms with Crippen molar-refractivity contribution in [2.75, 3.05) is 31.6 Å². The molecular formula is C24H26N2O7S. The normalized spacial score (nSPS) is 15.7. The predicted molar refractivity (Wildman–Crippen MR) is 125 cm³/mol. The van der Waals surface area contributed by atoms with Gasteiger partial charge < -0.3 is 19.2 Å². The summed E-state index contributed by atoms with van der Waals surface area (Å²) in [5, 5.41) is 3.42. The van der Waals surface area contributed by atoms with Gasteiger partial charge in [-0.3, -0.25) is 4.79 Å². The number of nitrogens with zero attached hydrogens (tertiary/aromatic N) is 1. The fraction of sp³-hybridized carbons (Fsp3) is 0.333. The number of aryl methyl sites for hydroxylation is 2. The van der Waals surface area contributed by atoms with Crippen molar-refractivity contribution in [2.45, 2.75) is 31.8 Å². The van der Waals surface area contributed by atoms with E-state index in [9.17, 15) is 18.0 Å². The first-order valence-corrected chi connectivity index (χ1v) is 12.3. The molecule has 2 heterocycles. The van der Waals surface area contributed by atoms with Gasteiger partial charge in [0.25, 0.3) is 5.91 Å². The second-order valence-corrected chi connectivity index (χ2v) is 9.99. The van der Waals surface area contributed by atoms with Crippen molar-refractivity contribution in [2.24, 2.45) is 0 Å². The quantitative estimate of drug-likeness (QED) is 0.532. The number of para-hydroxylation sites is 1. The number of hydrogen-bond acceptors (Lipinski definition) is 7. The first-order chi connectivity index (χ1) is 16.2. The lowest BCUT2D eigenvalue weighted by Gasteiger charge is -2.27. The summed E-state index contributed by atoms with van der Waals surface area (Å²) in [6.45, 7) is 6.09. The lowest BCUT2D eigenvalue weighted by molar-refractivity contribution is -0.123. The second-order valence-electron chi connectivity index (χ2n) is 8.09. The van der Waals surface area contributed by atoms with Crippen molar-refractivity contribution in [3.8, 4) is 0 Å². The minimum Gasteiger partial charge on any atom is -0.449 e. The fourth-order valence-electron chi connectivity index (χ4n) is 3.76. The summed E-state index contributed by atoms with van der Waals surface area (Å²) >= 11 is 0. The monoisotopic (exact) mass is 486 g/mol. The van der Waals surface area contributed by atoms with E-state index < -0.39 is 28.0 Å². The molecule has 0 unspecified atom stereocenters. The molecular weight excluding hydrogens is 460 g/mol. The molecule has 34 heavy (non-hydrogen) atoms. The second kappa shape index (κ2) is 9.57. The van der Waals surface area contributed by atoms with Crippen LogP contribution in [0.4, 0.5) is 5.69 Å². The van der Waals surface area contributed by atoms with Gasteiger partial charge in [0, 0.05) is 29.7 Å². The van der Waals surface area contributed by atoms with Crippen LogP contribution in [0.5, 0.6) is 0 Å². The zero-order chi connectivity index (χ0) is 24.5. The highest BCUT2D eigenvalue weighted by Crippen LogP contribution is 2.27.